The van der Waals surface area contributed by atoms with Crippen molar-refractivity contribution in [3.63, 3.8) is 0 Å². The average Bonchev–Trinajstić information content (AvgIpc) is 2.54. The molecule has 0 aliphatic rings. The summed E-state index contributed by atoms with van der Waals surface area (Å²) in [5.41, 5.74) is 2.68. The highest BCUT2D eigenvalue weighted by atomic mass is 16.5. The van der Waals surface area contributed by atoms with Crippen molar-refractivity contribution in [2.75, 3.05) is 34.3 Å². The van der Waals surface area contributed by atoms with E-state index in [1.165, 1.54) is 0 Å². The van der Waals surface area contributed by atoms with Crippen molar-refractivity contribution >= 4 is 5.91 Å². The maximum atomic E-state index is 12.2. The molecule has 2 aromatic rings. The van der Waals surface area contributed by atoms with Crippen LogP contribution in [0.25, 0.3) is 11.1 Å². The van der Waals surface area contributed by atoms with Gasteiger partial charge in [0.15, 0.2) is 0 Å². The molecule has 2 aromatic carbocycles. The molecule has 0 spiro atoms. The van der Waals surface area contributed by atoms with E-state index in [1.807, 2.05) is 67.5 Å². The van der Waals surface area contributed by atoms with Crippen molar-refractivity contribution in [3.8, 4) is 16.9 Å². The predicted molar refractivity (Wildman–Crippen MR) is 89.3 cm³/mol. The van der Waals surface area contributed by atoms with Crippen LogP contribution in [-0.4, -0.2) is 45.1 Å². The normalized spacial score (nSPS) is 10.5. The molecule has 0 unspecified atom stereocenters. The molecule has 0 aliphatic carbocycles. The molecule has 0 fully saturated rings. The zero-order valence-corrected chi connectivity index (χ0v) is 13.3. The summed E-state index contributed by atoms with van der Waals surface area (Å²) in [5, 5.41) is 2.90. The quantitative estimate of drug-likeness (QED) is 0.891. The molecule has 2 rings (SSSR count). The minimum absolute atomic E-state index is 0.113. The van der Waals surface area contributed by atoms with Crippen molar-refractivity contribution in [3.05, 3.63) is 54.1 Å². The first kappa shape index (κ1) is 16.0. The lowest BCUT2D eigenvalue weighted by Crippen LogP contribution is -2.31. The van der Waals surface area contributed by atoms with Gasteiger partial charge in [0, 0.05) is 13.1 Å². The number of hydrogen-bond donors (Lipinski definition) is 1. The molecule has 1 N–H and O–H groups in total. The molecular formula is C18H22N2O2. The van der Waals surface area contributed by atoms with Crippen LogP contribution in [0, 0.1) is 0 Å². The number of likely N-dealkylation sites (N-methyl/N-ethyl adjacent to an activating group) is 1. The SMILES string of the molecule is COc1cc(-c2ccccc2)ccc1C(=O)NCCN(C)C. The number of ether oxygens (including phenoxy) is 1. The van der Waals surface area contributed by atoms with Gasteiger partial charge in [0.1, 0.15) is 5.75 Å². The Morgan fingerprint density at radius 2 is 1.82 bits per heavy atom. The van der Waals surface area contributed by atoms with Gasteiger partial charge >= 0.3 is 0 Å². The van der Waals surface area contributed by atoms with Crippen LogP contribution in [0.15, 0.2) is 48.5 Å². The number of carbonyl (C=O) groups excluding carboxylic acids is 1. The van der Waals surface area contributed by atoms with Crippen LogP contribution in [0.3, 0.4) is 0 Å². The number of hydrogen-bond acceptors (Lipinski definition) is 3. The summed E-state index contributed by atoms with van der Waals surface area (Å²) < 4.78 is 5.38. The van der Waals surface area contributed by atoms with Gasteiger partial charge in [-0.05, 0) is 37.4 Å². The van der Waals surface area contributed by atoms with Gasteiger partial charge in [0.25, 0.3) is 5.91 Å². The fourth-order valence-electron chi connectivity index (χ4n) is 2.18. The second kappa shape index (κ2) is 7.61. The van der Waals surface area contributed by atoms with Gasteiger partial charge in [0.05, 0.1) is 12.7 Å². The molecule has 0 aliphatic heterocycles. The number of carbonyl (C=O) groups is 1. The summed E-state index contributed by atoms with van der Waals surface area (Å²) in [6.45, 7) is 1.41. The maximum Gasteiger partial charge on any atom is 0.255 e. The molecule has 0 atom stereocenters. The smallest absolute Gasteiger partial charge is 0.255 e. The highest BCUT2D eigenvalue weighted by Crippen LogP contribution is 2.27. The number of rotatable bonds is 6. The molecular weight excluding hydrogens is 276 g/mol. The molecule has 4 heteroatoms. The van der Waals surface area contributed by atoms with Crippen LogP contribution < -0.4 is 10.1 Å². The van der Waals surface area contributed by atoms with Crippen LogP contribution in [-0.2, 0) is 0 Å². The summed E-state index contributed by atoms with van der Waals surface area (Å²) in [4.78, 5) is 14.3. The van der Waals surface area contributed by atoms with E-state index in [-0.39, 0.29) is 5.91 Å². The molecule has 0 heterocycles. The maximum absolute atomic E-state index is 12.2. The van der Waals surface area contributed by atoms with Crippen molar-refractivity contribution in [1.82, 2.24) is 10.2 Å². The molecule has 0 saturated heterocycles. The number of nitrogens with one attached hydrogen (secondary N) is 1. The largest absolute Gasteiger partial charge is 0.496 e. The zero-order valence-electron chi connectivity index (χ0n) is 13.3. The topological polar surface area (TPSA) is 41.6 Å². The Bertz CT molecular complexity index is 624. The number of methoxy groups -OCH3 is 1. The summed E-state index contributed by atoms with van der Waals surface area (Å²) >= 11 is 0. The standard InChI is InChI=1S/C18H22N2O2/c1-20(2)12-11-19-18(21)16-10-9-15(13-17(16)22-3)14-7-5-4-6-8-14/h4-10,13H,11-12H2,1-3H3,(H,19,21). The van der Waals surface area contributed by atoms with Gasteiger partial charge in [-0.15, -0.1) is 0 Å². The minimum atomic E-state index is -0.113. The number of amides is 1. The van der Waals surface area contributed by atoms with Gasteiger partial charge < -0.3 is 15.0 Å². The van der Waals surface area contributed by atoms with E-state index >= 15 is 0 Å². The van der Waals surface area contributed by atoms with Crippen LogP contribution in [0.2, 0.25) is 0 Å². The third-order valence-electron chi connectivity index (χ3n) is 3.40. The lowest BCUT2D eigenvalue weighted by atomic mass is 10.0. The molecule has 116 valence electrons. The highest BCUT2D eigenvalue weighted by Gasteiger charge is 2.13. The van der Waals surface area contributed by atoms with Crippen LogP contribution >= 0.6 is 0 Å². The molecule has 0 saturated carbocycles. The first-order valence-corrected chi connectivity index (χ1v) is 7.28. The third kappa shape index (κ3) is 4.09. The Morgan fingerprint density at radius 3 is 2.45 bits per heavy atom. The van der Waals surface area contributed by atoms with Crippen molar-refractivity contribution < 1.29 is 9.53 Å². The third-order valence-corrected chi connectivity index (χ3v) is 3.40. The van der Waals surface area contributed by atoms with Crippen LogP contribution in [0.5, 0.6) is 5.75 Å². The van der Waals surface area contributed by atoms with E-state index in [2.05, 4.69) is 5.32 Å². The molecule has 0 aromatic heterocycles. The Hall–Kier alpha value is -2.33. The van der Waals surface area contributed by atoms with Crippen molar-refractivity contribution in [1.29, 1.82) is 0 Å². The first-order chi connectivity index (χ1) is 10.6. The lowest BCUT2D eigenvalue weighted by Gasteiger charge is -2.13. The Balaban J connectivity index is 2.17. The molecule has 0 radical (unpaired) electrons. The summed E-state index contributed by atoms with van der Waals surface area (Å²) in [6.07, 6.45) is 0. The second-order valence-electron chi connectivity index (χ2n) is 5.34. The zero-order chi connectivity index (χ0) is 15.9. The number of benzene rings is 2. The summed E-state index contributed by atoms with van der Waals surface area (Å²) in [7, 11) is 5.53. The van der Waals surface area contributed by atoms with Gasteiger partial charge in [-0.1, -0.05) is 36.4 Å². The summed E-state index contributed by atoms with van der Waals surface area (Å²) in [6, 6.07) is 15.7. The van der Waals surface area contributed by atoms with E-state index in [4.69, 9.17) is 4.74 Å². The van der Waals surface area contributed by atoms with E-state index in [9.17, 15) is 4.79 Å². The fraction of sp³-hybridized carbons (Fsp3) is 0.278. The van der Waals surface area contributed by atoms with E-state index < -0.39 is 0 Å². The Kier molecular flexibility index (Phi) is 5.55. The lowest BCUT2D eigenvalue weighted by molar-refractivity contribution is 0.0948. The van der Waals surface area contributed by atoms with E-state index in [0.29, 0.717) is 17.9 Å². The molecule has 0 bridgehead atoms. The minimum Gasteiger partial charge on any atom is -0.496 e. The van der Waals surface area contributed by atoms with Gasteiger partial charge in [-0.2, -0.15) is 0 Å². The summed E-state index contributed by atoms with van der Waals surface area (Å²) in [5.74, 6) is 0.474. The van der Waals surface area contributed by atoms with Gasteiger partial charge in [-0.3, -0.25) is 4.79 Å². The number of nitrogens with zero attached hydrogens (tertiary/aromatic N) is 1. The molecule has 1 amide bonds. The first-order valence-electron chi connectivity index (χ1n) is 7.28. The van der Waals surface area contributed by atoms with Gasteiger partial charge in [-0.25, -0.2) is 0 Å². The average molecular weight is 298 g/mol. The Labute approximate surface area is 131 Å². The van der Waals surface area contributed by atoms with E-state index in [0.717, 1.165) is 17.7 Å². The fourth-order valence-corrected chi connectivity index (χ4v) is 2.18. The van der Waals surface area contributed by atoms with E-state index in [1.54, 1.807) is 7.11 Å². The highest BCUT2D eigenvalue weighted by molar-refractivity contribution is 5.97. The predicted octanol–water partition coefficient (Wildman–Crippen LogP) is 2.65. The Morgan fingerprint density at radius 1 is 1.09 bits per heavy atom. The van der Waals surface area contributed by atoms with Crippen molar-refractivity contribution in [2.24, 2.45) is 0 Å². The van der Waals surface area contributed by atoms with Crippen LogP contribution in [0.4, 0.5) is 0 Å². The monoisotopic (exact) mass is 298 g/mol. The molecule has 4 nitrogen and oxygen atoms in total. The van der Waals surface area contributed by atoms with Gasteiger partial charge in [0.2, 0.25) is 0 Å². The molecule has 22 heavy (non-hydrogen) atoms. The second-order valence-corrected chi connectivity index (χ2v) is 5.34. The van der Waals surface area contributed by atoms with Crippen LogP contribution in [0.1, 0.15) is 10.4 Å². The van der Waals surface area contributed by atoms with Crippen molar-refractivity contribution in [2.45, 2.75) is 0 Å².